The van der Waals surface area contributed by atoms with Gasteiger partial charge in [-0.05, 0) is 47.6 Å². The SMILES string of the molecule is O=C(O)C1CCN(c2ccc(I)cn2)CC1. The number of hydrogen-bond donors (Lipinski definition) is 1. The molecule has 1 saturated heterocycles. The number of pyridine rings is 1. The van der Waals surface area contributed by atoms with Gasteiger partial charge in [0.2, 0.25) is 0 Å². The molecule has 1 aromatic rings. The molecule has 0 aromatic carbocycles. The first kappa shape index (κ1) is 11.6. The molecule has 86 valence electrons. The van der Waals surface area contributed by atoms with Crippen LogP contribution in [0.3, 0.4) is 0 Å². The average molecular weight is 332 g/mol. The lowest BCUT2D eigenvalue weighted by Crippen LogP contribution is -2.36. The van der Waals surface area contributed by atoms with Gasteiger partial charge in [-0.15, -0.1) is 0 Å². The number of aliphatic carboxylic acids is 1. The molecule has 0 bridgehead atoms. The van der Waals surface area contributed by atoms with E-state index in [2.05, 4.69) is 32.5 Å². The molecule has 1 aliphatic heterocycles. The Kier molecular flexibility index (Phi) is 3.63. The Labute approximate surface area is 108 Å². The van der Waals surface area contributed by atoms with Crippen LogP contribution in [0.15, 0.2) is 18.3 Å². The van der Waals surface area contributed by atoms with E-state index >= 15 is 0 Å². The van der Waals surface area contributed by atoms with Crippen LogP contribution < -0.4 is 4.90 Å². The van der Waals surface area contributed by atoms with Gasteiger partial charge in [0.25, 0.3) is 0 Å². The summed E-state index contributed by atoms with van der Waals surface area (Å²) in [6, 6.07) is 4.01. The van der Waals surface area contributed by atoms with E-state index in [0.29, 0.717) is 12.8 Å². The highest BCUT2D eigenvalue weighted by atomic mass is 127. The molecule has 2 rings (SSSR count). The number of hydrogen-bond acceptors (Lipinski definition) is 3. The maximum Gasteiger partial charge on any atom is 0.306 e. The Bertz CT molecular complexity index is 372. The summed E-state index contributed by atoms with van der Waals surface area (Å²) < 4.78 is 1.11. The van der Waals surface area contributed by atoms with Crippen molar-refractivity contribution in [3.8, 4) is 0 Å². The van der Waals surface area contributed by atoms with Crippen molar-refractivity contribution in [2.75, 3.05) is 18.0 Å². The summed E-state index contributed by atoms with van der Waals surface area (Å²) in [6.45, 7) is 1.56. The van der Waals surface area contributed by atoms with Gasteiger partial charge in [0.1, 0.15) is 5.82 Å². The lowest BCUT2D eigenvalue weighted by atomic mass is 9.97. The van der Waals surface area contributed by atoms with E-state index in [4.69, 9.17) is 5.11 Å². The van der Waals surface area contributed by atoms with Crippen molar-refractivity contribution in [2.24, 2.45) is 5.92 Å². The molecular formula is C11H13IN2O2. The summed E-state index contributed by atoms with van der Waals surface area (Å²) in [5.41, 5.74) is 0. The van der Waals surface area contributed by atoms with Crippen LogP contribution >= 0.6 is 22.6 Å². The summed E-state index contributed by atoms with van der Waals surface area (Å²) >= 11 is 2.22. The lowest BCUT2D eigenvalue weighted by molar-refractivity contribution is -0.142. The normalized spacial score (nSPS) is 17.4. The van der Waals surface area contributed by atoms with Crippen molar-refractivity contribution in [3.63, 3.8) is 0 Å². The van der Waals surface area contributed by atoms with Gasteiger partial charge >= 0.3 is 5.97 Å². The highest BCUT2D eigenvalue weighted by Gasteiger charge is 2.24. The number of carbonyl (C=O) groups is 1. The minimum Gasteiger partial charge on any atom is -0.481 e. The number of piperidine rings is 1. The van der Waals surface area contributed by atoms with Gasteiger partial charge in [0.15, 0.2) is 0 Å². The second-order valence-electron chi connectivity index (χ2n) is 3.93. The number of aromatic nitrogens is 1. The van der Waals surface area contributed by atoms with Gasteiger partial charge in [-0.25, -0.2) is 4.98 Å². The molecular weight excluding hydrogens is 319 g/mol. The summed E-state index contributed by atoms with van der Waals surface area (Å²) in [7, 11) is 0. The van der Waals surface area contributed by atoms with E-state index in [0.717, 1.165) is 22.5 Å². The number of anilines is 1. The van der Waals surface area contributed by atoms with Crippen molar-refractivity contribution in [3.05, 3.63) is 21.9 Å². The maximum atomic E-state index is 10.8. The third-order valence-electron chi connectivity index (χ3n) is 2.88. The van der Waals surface area contributed by atoms with Gasteiger partial charge < -0.3 is 10.0 Å². The van der Waals surface area contributed by atoms with Crippen molar-refractivity contribution in [1.82, 2.24) is 4.98 Å². The average Bonchev–Trinajstić information content (AvgIpc) is 2.30. The van der Waals surface area contributed by atoms with Crippen molar-refractivity contribution >= 4 is 34.4 Å². The number of nitrogens with zero attached hydrogens (tertiary/aromatic N) is 2. The van der Waals surface area contributed by atoms with E-state index in [1.54, 1.807) is 0 Å². The zero-order valence-electron chi connectivity index (χ0n) is 8.77. The minimum atomic E-state index is -0.671. The fraction of sp³-hybridized carbons (Fsp3) is 0.455. The van der Waals surface area contributed by atoms with E-state index in [9.17, 15) is 4.79 Å². The topological polar surface area (TPSA) is 53.4 Å². The van der Waals surface area contributed by atoms with Gasteiger partial charge in [0.05, 0.1) is 5.92 Å². The van der Waals surface area contributed by atoms with Crippen molar-refractivity contribution in [2.45, 2.75) is 12.8 Å². The van der Waals surface area contributed by atoms with Crippen LogP contribution in [-0.4, -0.2) is 29.1 Å². The molecule has 1 N–H and O–H groups in total. The highest BCUT2D eigenvalue weighted by molar-refractivity contribution is 14.1. The molecule has 0 atom stereocenters. The van der Waals surface area contributed by atoms with Crippen molar-refractivity contribution in [1.29, 1.82) is 0 Å². The molecule has 0 unspecified atom stereocenters. The smallest absolute Gasteiger partial charge is 0.306 e. The Morgan fingerprint density at radius 1 is 1.44 bits per heavy atom. The fourth-order valence-electron chi connectivity index (χ4n) is 1.91. The maximum absolute atomic E-state index is 10.8. The Balaban J connectivity index is 1.99. The van der Waals surface area contributed by atoms with E-state index < -0.39 is 5.97 Å². The molecule has 1 fully saturated rings. The number of rotatable bonds is 2. The van der Waals surface area contributed by atoms with E-state index in [1.807, 2.05) is 18.3 Å². The Morgan fingerprint density at radius 3 is 2.62 bits per heavy atom. The molecule has 16 heavy (non-hydrogen) atoms. The summed E-state index contributed by atoms with van der Waals surface area (Å²) in [6.07, 6.45) is 3.26. The second-order valence-corrected chi connectivity index (χ2v) is 5.18. The molecule has 2 heterocycles. The quantitative estimate of drug-likeness (QED) is 0.842. The first-order chi connectivity index (χ1) is 7.66. The monoisotopic (exact) mass is 332 g/mol. The first-order valence-electron chi connectivity index (χ1n) is 5.26. The number of halogens is 1. The predicted molar refractivity (Wildman–Crippen MR) is 69.5 cm³/mol. The third-order valence-corrected chi connectivity index (χ3v) is 3.52. The molecule has 0 radical (unpaired) electrons. The largest absolute Gasteiger partial charge is 0.481 e. The van der Waals surface area contributed by atoms with Crippen LogP contribution in [0.5, 0.6) is 0 Å². The first-order valence-corrected chi connectivity index (χ1v) is 6.34. The Hall–Kier alpha value is -0.850. The number of carboxylic acids is 1. The second kappa shape index (κ2) is 4.99. The van der Waals surface area contributed by atoms with Crippen LogP contribution in [0.25, 0.3) is 0 Å². The molecule has 0 saturated carbocycles. The predicted octanol–water partition coefficient (Wildman–Crippen LogP) is 1.99. The molecule has 5 heteroatoms. The standard InChI is InChI=1S/C11H13IN2O2/c12-9-1-2-10(13-7-9)14-5-3-8(4-6-14)11(15)16/h1-2,7-8H,3-6H2,(H,15,16). The molecule has 0 spiro atoms. The van der Waals surface area contributed by atoms with E-state index in [1.165, 1.54) is 0 Å². The molecule has 1 aliphatic rings. The van der Waals surface area contributed by atoms with Crippen molar-refractivity contribution < 1.29 is 9.90 Å². The van der Waals surface area contributed by atoms with Gasteiger partial charge in [-0.2, -0.15) is 0 Å². The molecule has 0 aliphatic carbocycles. The molecule has 1 aromatic heterocycles. The van der Waals surface area contributed by atoms with Crippen LogP contribution in [0, 0.1) is 9.49 Å². The van der Waals surface area contributed by atoms with Crippen LogP contribution in [0.2, 0.25) is 0 Å². The van der Waals surface area contributed by atoms with E-state index in [-0.39, 0.29) is 5.92 Å². The lowest BCUT2D eigenvalue weighted by Gasteiger charge is -2.30. The minimum absolute atomic E-state index is 0.180. The van der Waals surface area contributed by atoms with Crippen LogP contribution in [0.4, 0.5) is 5.82 Å². The highest BCUT2D eigenvalue weighted by Crippen LogP contribution is 2.22. The van der Waals surface area contributed by atoms with Gasteiger partial charge in [0, 0.05) is 22.9 Å². The fourth-order valence-corrected chi connectivity index (χ4v) is 2.23. The van der Waals surface area contributed by atoms with Crippen LogP contribution in [-0.2, 0) is 4.79 Å². The summed E-state index contributed by atoms with van der Waals surface area (Å²) in [5, 5.41) is 8.90. The van der Waals surface area contributed by atoms with Gasteiger partial charge in [-0.1, -0.05) is 0 Å². The summed E-state index contributed by atoms with van der Waals surface area (Å²) in [4.78, 5) is 17.3. The van der Waals surface area contributed by atoms with Gasteiger partial charge in [-0.3, -0.25) is 4.79 Å². The van der Waals surface area contributed by atoms with Crippen LogP contribution in [0.1, 0.15) is 12.8 Å². The molecule has 0 amide bonds. The number of carboxylic acid groups (broad SMARTS) is 1. The Morgan fingerprint density at radius 2 is 2.12 bits per heavy atom. The molecule has 4 nitrogen and oxygen atoms in total. The summed E-state index contributed by atoms with van der Waals surface area (Å²) in [5.74, 6) is 0.0968. The zero-order chi connectivity index (χ0) is 11.5. The zero-order valence-corrected chi connectivity index (χ0v) is 10.9. The third kappa shape index (κ3) is 2.63.